The van der Waals surface area contributed by atoms with E-state index in [1.165, 1.54) is 0 Å². The number of hydrogen-bond donors (Lipinski definition) is 2. The van der Waals surface area contributed by atoms with Crippen LogP contribution in [0, 0.1) is 0 Å². The van der Waals surface area contributed by atoms with Gasteiger partial charge >= 0.3 is 0 Å². The van der Waals surface area contributed by atoms with Gasteiger partial charge in [-0.1, -0.05) is 84.9 Å². The van der Waals surface area contributed by atoms with Crippen LogP contribution in [0.15, 0.2) is 109 Å². The molecule has 0 aromatic heterocycles. The van der Waals surface area contributed by atoms with Gasteiger partial charge in [0, 0.05) is 12.1 Å². The second-order valence-electron chi connectivity index (χ2n) is 9.40. The van der Waals surface area contributed by atoms with Gasteiger partial charge in [-0.2, -0.15) is 0 Å². The zero-order chi connectivity index (χ0) is 27.2. The summed E-state index contributed by atoms with van der Waals surface area (Å²) in [6, 6.07) is 33.7. The van der Waals surface area contributed by atoms with Crippen molar-refractivity contribution >= 4 is 35.2 Å². The minimum Gasteiger partial charge on any atom is -0.345 e. The number of amides is 3. The van der Waals surface area contributed by atoms with Gasteiger partial charge in [-0.15, -0.1) is 11.8 Å². The van der Waals surface area contributed by atoms with Crippen LogP contribution in [0.2, 0.25) is 0 Å². The molecule has 0 spiro atoms. The Morgan fingerprint density at radius 1 is 0.846 bits per heavy atom. The first kappa shape index (κ1) is 26.3. The number of para-hydroxylation sites is 1. The second kappa shape index (κ2) is 12.0. The average molecular weight is 536 g/mol. The fourth-order valence-corrected chi connectivity index (χ4v) is 5.75. The topological polar surface area (TPSA) is 78.5 Å². The van der Waals surface area contributed by atoms with Crippen LogP contribution in [0.4, 0.5) is 5.69 Å². The SMILES string of the molecule is C[C@H](NC(=O)c1ccccc1NC(=O)c1ccc([C@H]2SCC(=O)N2Cc2ccccc2)cc1)c1ccccc1. The van der Waals surface area contributed by atoms with E-state index in [0.29, 0.717) is 29.1 Å². The largest absolute Gasteiger partial charge is 0.345 e. The number of rotatable bonds is 8. The van der Waals surface area contributed by atoms with Gasteiger partial charge in [0.15, 0.2) is 0 Å². The van der Waals surface area contributed by atoms with Gasteiger partial charge < -0.3 is 15.5 Å². The summed E-state index contributed by atoms with van der Waals surface area (Å²) in [7, 11) is 0. The number of nitrogens with zero attached hydrogens (tertiary/aromatic N) is 1. The van der Waals surface area contributed by atoms with Gasteiger partial charge in [0.1, 0.15) is 5.37 Å². The first-order valence-corrected chi connectivity index (χ1v) is 13.9. The Balaban J connectivity index is 1.26. The van der Waals surface area contributed by atoms with Crippen molar-refractivity contribution in [3.8, 4) is 0 Å². The highest BCUT2D eigenvalue weighted by Gasteiger charge is 2.32. The Labute approximate surface area is 232 Å². The van der Waals surface area contributed by atoms with E-state index in [0.717, 1.165) is 16.7 Å². The molecule has 0 aliphatic carbocycles. The van der Waals surface area contributed by atoms with E-state index in [4.69, 9.17) is 0 Å². The van der Waals surface area contributed by atoms with Crippen LogP contribution >= 0.6 is 11.8 Å². The van der Waals surface area contributed by atoms with Gasteiger partial charge in [-0.25, -0.2) is 0 Å². The predicted molar refractivity (Wildman–Crippen MR) is 155 cm³/mol. The minimum absolute atomic E-state index is 0.104. The third-order valence-electron chi connectivity index (χ3n) is 6.69. The third kappa shape index (κ3) is 6.21. The molecule has 4 aromatic carbocycles. The summed E-state index contributed by atoms with van der Waals surface area (Å²) in [6.07, 6.45) is 0. The van der Waals surface area contributed by atoms with Crippen LogP contribution in [0.1, 0.15) is 55.7 Å². The maximum absolute atomic E-state index is 13.1. The lowest BCUT2D eigenvalue weighted by Gasteiger charge is -2.24. The molecule has 1 aliphatic rings. The number of carbonyl (C=O) groups excluding carboxylic acids is 3. The van der Waals surface area contributed by atoms with E-state index in [-0.39, 0.29) is 29.1 Å². The summed E-state index contributed by atoms with van der Waals surface area (Å²) in [5.41, 5.74) is 4.34. The molecule has 1 aliphatic heterocycles. The Morgan fingerprint density at radius 3 is 2.21 bits per heavy atom. The van der Waals surface area contributed by atoms with Gasteiger partial charge in [-0.3, -0.25) is 14.4 Å². The third-order valence-corrected chi connectivity index (χ3v) is 7.94. The van der Waals surface area contributed by atoms with Crippen LogP contribution in [-0.4, -0.2) is 28.4 Å². The Morgan fingerprint density at radius 2 is 1.49 bits per heavy atom. The maximum atomic E-state index is 13.1. The average Bonchev–Trinajstić information content (AvgIpc) is 3.33. The van der Waals surface area contributed by atoms with Crippen molar-refractivity contribution in [3.63, 3.8) is 0 Å². The molecule has 1 fully saturated rings. The standard InChI is InChI=1S/C32H29N3O3S/c1-22(24-12-6-3-7-13-24)33-31(38)27-14-8-9-15-28(27)34-30(37)25-16-18-26(19-17-25)32-35(29(36)21-39-32)20-23-10-4-2-5-11-23/h2-19,22,32H,20-21H2,1H3,(H,33,38)(H,34,37)/t22-,32+/m0/s1. The minimum atomic E-state index is -0.311. The molecule has 2 atom stereocenters. The zero-order valence-corrected chi connectivity index (χ0v) is 22.4. The lowest BCUT2D eigenvalue weighted by atomic mass is 10.1. The number of benzene rings is 4. The molecule has 6 nitrogen and oxygen atoms in total. The molecule has 5 rings (SSSR count). The van der Waals surface area contributed by atoms with Crippen molar-refractivity contribution < 1.29 is 14.4 Å². The van der Waals surface area contributed by atoms with Crippen molar-refractivity contribution in [2.45, 2.75) is 24.9 Å². The molecule has 4 aromatic rings. The molecule has 3 amide bonds. The van der Waals surface area contributed by atoms with E-state index in [2.05, 4.69) is 10.6 Å². The van der Waals surface area contributed by atoms with Crippen molar-refractivity contribution in [2.75, 3.05) is 11.1 Å². The monoisotopic (exact) mass is 535 g/mol. The van der Waals surface area contributed by atoms with E-state index < -0.39 is 0 Å². The van der Waals surface area contributed by atoms with Crippen LogP contribution in [0.5, 0.6) is 0 Å². The van der Waals surface area contributed by atoms with Crippen LogP contribution in [-0.2, 0) is 11.3 Å². The molecule has 196 valence electrons. The van der Waals surface area contributed by atoms with Gasteiger partial charge in [0.25, 0.3) is 11.8 Å². The molecule has 2 N–H and O–H groups in total. The first-order valence-electron chi connectivity index (χ1n) is 12.8. The molecule has 0 saturated carbocycles. The van der Waals surface area contributed by atoms with E-state index in [1.807, 2.05) is 84.6 Å². The summed E-state index contributed by atoms with van der Waals surface area (Å²) >= 11 is 1.59. The number of nitrogens with one attached hydrogen (secondary N) is 2. The lowest BCUT2D eigenvalue weighted by Crippen LogP contribution is -2.28. The summed E-state index contributed by atoms with van der Waals surface area (Å²) in [4.78, 5) is 40.6. The van der Waals surface area contributed by atoms with Crippen molar-refractivity contribution in [2.24, 2.45) is 0 Å². The highest BCUT2D eigenvalue weighted by molar-refractivity contribution is 8.00. The highest BCUT2D eigenvalue weighted by atomic mass is 32.2. The van der Waals surface area contributed by atoms with E-state index in [9.17, 15) is 14.4 Å². The predicted octanol–water partition coefficient (Wildman–Crippen LogP) is 6.20. The first-order chi connectivity index (χ1) is 19.0. The van der Waals surface area contributed by atoms with Crippen molar-refractivity contribution in [1.82, 2.24) is 10.2 Å². The van der Waals surface area contributed by atoms with Crippen LogP contribution in [0.3, 0.4) is 0 Å². The maximum Gasteiger partial charge on any atom is 0.255 e. The summed E-state index contributed by atoms with van der Waals surface area (Å²) in [5, 5.41) is 5.79. The molecule has 0 unspecified atom stereocenters. The van der Waals surface area contributed by atoms with Crippen molar-refractivity contribution in [1.29, 1.82) is 0 Å². The molecular formula is C32H29N3O3S. The van der Waals surface area contributed by atoms with Crippen molar-refractivity contribution in [3.05, 3.63) is 137 Å². The zero-order valence-electron chi connectivity index (χ0n) is 21.5. The lowest BCUT2D eigenvalue weighted by molar-refractivity contribution is -0.128. The fraction of sp³-hybridized carbons (Fsp3) is 0.156. The number of anilines is 1. The number of carbonyl (C=O) groups is 3. The molecule has 1 heterocycles. The Bertz CT molecular complexity index is 1460. The molecule has 7 heteroatoms. The molecular weight excluding hydrogens is 506 g/mol. The van der Waals surface area contributed by atoms with E-state index >= 15 is 0 Å². The second-order valence-corrected chi connectivity index (χ2v) is 10.5. The van der Waals surface area contributed by atoms with Crippen LogP contribution < -0.4 is 10.6 Å². The quantitative estimate of drug-likeness (QED) is 0.281. The van der Waals surface area contributed by atoms with Gasteiger partial charge in [-0.05, 0) is 47.9 Å². The molecule has 0 radical (unpaired) electrons. The Kier molecular flexibility index (Phi) is 8.08. The van der Waals surface area contributed by atoms with Crippen LogP contribution in [0.25, 0.3) is 0 Å². The molecule has 1 saturated heterocycles. The highest BCUT2D eigenvalue weighted by Crippen LogP contribution is 2.39. The summed E-state index contributed by atoms with van der Waals surface area (Å²) in [6.45, 7) is 2.47. The normalized spacial score (nSPS) is 15.6. The fourth-order valence-electron chi connectivity index (χ4n) is 4.56. The van der Waals surface area contributed by atoms with Gasteiger partial charge in [0.2, 0.25) is 5.91 Å². The number of hydrogen-bond acceptors (Lipinski definition) is 4. The van der Waals surface area contributed by atoms with Gasteiger partial charge in [0.05, 0.1) is 23.0 Å². The van der Waals surface area contributed by atoms with E-state index in [1.54, 1.807) is 48.2 Å². The summed E-state index contributed by atoms with van der Waals surface area (Å²) in [5.74, 6) is -0.0399. The molecule has 0 bridgehead atoms. The molecule has 39 heavy (non-hydrogen) atoms. The number of thioether (sulfide) groups is 1. The smallest absolute Gasteiger partial charge is 0.255 e. The Hall–Kier alpha value is -4.36. The summed E-state index contributed by atoms with van der Waals surface area (Å²) < 4.78 is 0.